The van der Waals surface area contributed by atoms with Crippen molar-refractivity contribution in [3.8, 4) is 11.5 Å². The second-order valence-electron chi connectivity index (χ2n) is 6.28. The fourth-order valence-electron chi connectivity index (χ4n) is 3.07. The third kappa shape index (κ3) is 4.40. The van der Waals surface area contributed by atoms with Crippen LogP contribution in [0.4, 0.5) is 0 Å². The highest BCUT2D eigenvalue weighted by atomic mass is 16.6. The average molecular weight is 333 g/mol. The molecule has 0 unspecified atom stereocenters. The molecule has 1 saturated carbocycles. The van der Waals surface area contributed by atoms with Gasteiger partial charge in [0.05, 0.1) is 0 Å². The van der Waals surface area contributed by atoms with E-state index in [4.69, 9.17) is 14.2 Å². The summed E-state index contributed by atoms with van der Waals surface area (Å²) >= 11 is 0. The number of carbonyl (C=O) groups is 2. The van der Waals surface area contributed by atoms with Gasteiger partial charge in [-0.2, -0.15) is 0 Å². The zero-order chi connectivity index (χ0) is 16.8. The molecule has 1 atom stereocenters. The number of hydrogen-bond donors (Lipinski definition) is 1. The van der Waals surface area contributed by atoms with Gasteiger partial charge in [0, 0.05) is 6.54 Å². The van der Waals surface area contributed by atoms with Crippen LogP contribution in [0, 0.1) is 5.92 Å². The van der Waals surface area contributed by atoms with Crippen LogP contribution in [-0.2, 0) is 14.3 Å². The fraction of sp³-hybridized carbons (Fsp3) is 0.556. The third-order valence-electron chi connectivity index (χ3n) is 4.43. The molecule has 3 rings (SSSR count). The SMILES string of the molecule is O=C(COC(=O)[C@H]1COc2ccccc2O1)NCC1CCCCC1. The number of benzene rings is 1. The summed E-state index contributed by atoms with van der Waals surface area (Å²) < 4.78 is 16.1. The Bertz CT molecular complexity index is 583. The van der Waals surface area contributed by atoms with Gasteiger partial charge in [0.1, 0.15) is 6.61 Å². The van der Waals surface area contributed by atoms with Crippen LogP contribution in [0.1, 0.15) is 32.1 Å². The van der Waals surface area contributed by atoms with Crippen molar-refractivity contribution in [1.82, 2.24) is 5.32 Å². The number of hydrogen-bond acceptors (Lipinski definition) is 5. The Morgan fingerprint density at radius 1 is 1.12 bits per heavy atom. The summed E-state index contributed by atoms with van der Waals surface area (Å²) in [5.74, 6) is 0.799. The Labute approximate surface area is 141 Å². The van der Waals surface area contributed by atoms with Gasteiger partial charge >= 0.3 is 5.97 Å². The highest BCUT2D eigenvalue weighted by molar-refractivity contribution is 5.82. The quantitative estimate of drug-likeness (QED) is 0.835. The Morgan fingerprint density at radius 2 is 1.88 bits per heavy atom. The zero-order valence-corrected chi connectivity index (χ0v) is 13.7. The predicted octanol–water partition coefficient (Wildman–Crippen LogP) is 2.07. The summed E-state index contributed by atoms with van der Waals surface area (Å²) in [7, 11) is 0. The van der Waals surface area contributed by atoms with E-state index >= 15 is 0 Å². The maximum Gasteiger partial charge on any atom is 0.351 e. The first-order chi connectivity index (χ1) is 11.7. The van der Waals surface area contributed by atoms with E-state index < -0.39 is 12.1 Å². The van der Waals surface area contributed by atoms with Gasteiger partial charge in [-0.1, -0.05) is 31.4 Å². The van der Waals surface area contributed by atoms with Crippen molar-refractivity contribution in [2.24, 2.45) is 5.92 Å². The molecule has 1 N–H and O–H groups in total. The molecule has 6 heteroatoms. The molecule has 1 aliphatic heterocycles. The van der Waals surface area contributed by atoms with Crippen molar-refractivity contribution in [3.05, 3.63) is 24.3 Å². The van der Waals surface area contributed by atoms with Crippen LogP contribution >= 0.6 is 0 Å². The molecular formula is C18H23NO5. The fourth-order valence-corrected chi connectivity index (χ4v) is 3.07. The van der Waals surface area contributed by atoms with Gasteiger partial charge in [-0.15, -0.1) is 0 Å². The van der Waals surface area contributed by atoms with Crippen LogP contribution in [0.25, 0.3) is 0 Å². The van der Waals surface area contributed by atoms with E-state index in [1.165, 1.54) is 19.3 Å². The lowest BCUT2D eigenvalue weighted by Crippen LogP contribution is -2.40. The van der Waals surface area contributed by atoms with E-state index in [9.17, 15) is 9.59 Å². The van der Waals surface area contributed by atoms with Gasteiger partial charge in [0.15, 0.2) is 18.1 Å². The second-order valence-corrected chi connectivity index (χ2v) is 6.28. The molecule has 1 aromatic carbocycles. The van der Waals surface area contributed by atoms with Crippen molar-refractivity contribution in [1.29, 1.82) is 0 Å². The van der Waals surface area contributed by atoms with E-state index in [2.05, 4.69) is 5.32 Å². The molecule has 1 fully saturated rings. The number of esters is 1. The van der Waals surface area contributed by atoms with Gasteiger partial charge in [-0.3, -0.25) is 4.79 Å². The summed E-state index contributed by atoms with van der Waals surface area (Å²) in [5.41, 5.74) is 0. The minimum absolute atomic E-state index is 0.0829. The summed E-state index contributed by atoms with van der Waals surface area (Å²) in [5, 5.41) is 2.84. The molecule has 1 amide bonds. The average Bonchev–Trinajstić information content (AvgIpc) is 2.65. The molecule has 0 saturated heterocycles. The monoisotopic (exact) mass is 333 g/mol. The summed E-state index contributed by atoms with van der Waals surface area (Å²) in [6.07, 6.45) is 5.23. The van der Waals surface area contributed by atoms with Crippen molar-refractivity contribution in [2.45, 2.75) is 38.2 Å². The highest BCUT2D eigenvalue weighted by Crippen LogP contribution is 2.31. The standard InChI is InChI=1S/C18H23NO5/c20-17(19-10-13-6-2-1-3-7-13)12-23-18(21)16-11-22-14-8-4-5-9-15(14)24-16/h4-5,8-9,13,16H,1-3,6-7,10-12H2,(H,19,20)/t16-/m1/s1. The van der Waals surface area contributed by atoms with Gasteiger partial charge in [0.25, 0.3) is 5.91 Å². The van der Waals surface area contributed by atoms with Gasteiger partial charge in [-0.05, 0) is 30.9 Å². The van der Waals surface area contributed by atoms with E-state index in [1.54, 1.807) is 18.2 Å². The summed E-state index contributed by atoms with van der Waals surface area (Å²) in [6.45, 7) is 0.458. The molecule has 1 aromatic rings. The molecule has 2 aliphatic rings. The van der Waals surface area contributed by atoms with Crippen LogP contribution in [0.2, 0.25) is 0 Å². The number of fused-ring (bicyclic) bond motifs is 1. The van der Waals surface area contributed by atoms with Gasteiger partial charge < -0.3 is 19.5 Å². The van der Waals surface area contributed by atoms with Crippen molar-refractivity contribution in [3.63, 3.8) is 0 Å². The van der Waals surface area contributed by atoms with E-state index in [1.807, 2.05) is 6.07 Å². The van der Waals surface area contributed by atoms with Crippen molar-refractivity contribution >= 4 is 11.9 Å². The zero-order valence-electron chi connectivity index (χ0n) is 13.7. The first kappa shape index (κ1) is 16.6. The van der Waals surface area contributed by atoms with E-state index in [0.717, 1.165) is 12.8 Å². The molecule has 6 nitrogen and oxygen atoms in total. The van der Waals surface area contributed by atoms with Crippen molar-refractivity contribution < 1.29 is 23.8 Å². The van der Waals surface area contributed by atoms with Crippen LogP contribution in [0.3, 0.4) is 0 Å². The smallest absolute Gasteiger partial charge is 0.351 e. The third-order valence-corrected chi connectivity index (χ3v) is 4.43. The Morgan fingerprint density at radius 3 is 2.67 bits per heavy atom. The number of rotatable bonds is 5. The predicted molar refractivity (Wildman–Crippen MR) is 86.9 cm³/mol. The number of carbonyl (C=O) groups excluding carboxylic acids is 2. The van der Waals surface area contributed by atoms with Crippen LogP contribution < -0.4 is 14.8 Å². The van der Waals surface area contributed by atoms with Crippen LogP contribution in [0.15, 0.2) is 24.3 Å². The minimum Gasteiger partial charge on any atom is -0.485 e. The molecule has 0 aromatic heterocycles. The van der Waals surface area contributed by atoms with Crippen LogP contribution in [-0.4, -0.2) is 37.7 Å². The number of nitrogens with one attached hydrogen (secondary N) is 1. The largest absolute Gasteiger partial charge is 0.485 e. The minimum atomic E-state index is -0.842. The summed E-state index contributed by atoms with van der Waals surface area (Å²) in [4.78, 5) is 23.8. The van der Waals surface area contributed by atoms with Gasteiger partial charge in [-0.25, -0.2) is 4.79 Å². The maximum atomic E-state index is 12.0. The maximum absolute atomic E-state index is 12.0. The normalized spacial score (nSPS) is 20.2. The Kier molecular flexibility index (Phi) is 5.56. The molecular weight excluding hydrogens is 310 g/mol. The number of para-hydroxylation sites is 2. The lowest BCUT2D eigenvalue weighted by atomic mass is 9.89. The highest BCUT2D eigenvalue weighted by Gasteiger charge is 2.29. The molecule has 0 bridgehead atoms. The molecule has 0 radical (unpaired) electrons. The molecule has 1 aliphatic carbocycles. The van der Waals surface area contributed by atoms with Gasteiger partial charge in [0.2, 0.25) is 6.10 Å². The van der Waals surface area contributed by atoms with E-state index in [0.29, 0.717) is 24.0 Å². The topological polar surface area (TPSA) is 73.9 Å². The lowest BCUT2D eigenvalue weighted by Gasteiger charge is -2.25. The number of amides is 1. The first-order valence-electron chi connectivity index (χ1n) is 8.54. The van der Waals surface area contributed by atoms with E-state index in [-0.39, 0.29) is 19.1 Å². The lowest BCUT2D eigenvalue weighted by molar-refractivity contribution is -0.157. The Hall–Kier alpha value is -2.24. The summed E-state index contributed by atoms with van der Waals surface area (Å²) in [6, 6.07) is 7.13. The first-order valence-corrected chi connectivity index (χ1v) is 8.54. The second kappa shape index (κ2) is 8.04. The van der Waals surface area contributed by atoms with Crippen molar-refractivity contribution in [2.75, 3.05) is 19.8 Å². The van der Waals surface area contributed by atoms with Crippen LogP contribution in [0.5, 0.6) is 11.5 Å². The molecule has 24 heavy (non-hydrogen) atoms. The molecule has 130 valence electrons. The molecule has 0 spiro atoms. The molecule has 1 heterocycles. The Balaban J connectivity index is 1.38. The number of ether oxygens (including phenoxy) is 3.